The maximum Gasteiger partial charge on any atom is 0.274 e. The van der Waals surface area contributed by atoms with Crippen LogP contribution in [0.15, 0.2) is 12.1 Å². The van der Waals surface area contributed by atoms with Crippen LogP contribution < -0.4 is 0 Å². The van der Waals surface area contributed by atoms with Gasteiger partial charge in [-0.25, -0.2) is 0 Å². The van der Waals surface area contributed by atoms with E-state index in [1.54, 1.807) is 13.0 Å². The van der Waals surface area contributed by atoms with Gasteiger partial charge in [-0.3, -0.25) is 10.1 Å². The van der Waals surface area contributed by atoms with Gasteiger partial charge in [0.05, 0.1) is 10.5 Å². The maximum atomic E-state index is 10.5. The molecule has 2 rings (SSSR count). The summed E-state index contributed by atoms with van der Waals surface area (Å²) in [5.74, 6) is 0. The molecule has 0 bridgehead atoms. The van der Waals surface area contributed by atoms with E-state index in [4.69, 9.17) is 0 Å². The normalized spacial score (nSPS) is 10.5. The molecule has 0 aliphatic heterocycles. The van der Waals surface area contributed by atoms with Crippen molar-refractivity contribution in [1.82, 2.24) is 15.4 Å². The second kappa shape index (κ2) is 2.51. The number of nitrogens with zero attached hydrogens (tertiary/aromatic N) is 3. The third kappa shape index (κ3) is 1.03. The van der Waals surface area contributed by atoms with Gasteiger partial charge in [-0.2, -0.15) is 15.4 Å². The lowest BCUT2D eigenvalue weighted by Gasteiger charge is -1.95. The van der Waals surface area contributed by atoms with Crippen LogP contribution in [0.4, 0.5) is 5.69 Å². The minimum Gasteiger partial charge on any atom is -0.258 e. The van der Waals surface area contributed by atoms with Gasteiger partial charge in [-0.15, -0.1) is 0 Å². The number of aryl methyl sites for hydroxylation is 1. The number of nitrogens with one attached hydrogen (secondary N) is 1. The minimum atomic E-state index is -0.427. The summed E-state index contributed by atoms with van der Waals surface area (Å²) in [6, 6.07) is 3.00. The number of aromatic amines is 1. The molecule has 1 heterocycles. The molecule has 6 heteroatoms. The van der Waals surface area contributed by atoms with Gasteiger partial charge in [-0.1, -0.05) is 0 Å². The van der Waals surface area contributed by atoms with Crippen LogP contribution in [0.25, 0.3) is 11.0 Å². The second-order valence-corrected chi connectivity index (χ2v) is 2.66. The van der Waals surface area contributed by atoms with Gasteiger partial charge in [0.1, 0.15) is 11.0 Å². The first-order chi connectivity index (χ1) is 6.20. The number of aromatic nitrogens is 3. The molecule has 13 heavy (non-hydrogen) atoms. The van der Waals surface area contributed by atoms with E-state index in [-0.39, 0.29) is 5.69 Å². The lowest BCUT2D eigenvalue weighted by atomic mass is 10.1. The van der Waals surface area contributed by atoms with Crippen molar-refractivity contribution < 1.29 is 4.92 Å². The van der Waals surface area contributed by atoms with Gasteiger partial charge < -0.3 is 0 Å². The van der Waals surface area contributed by atoms with Crippen molar-refractivity contribution in [2.24, 2.45) is 0 Å². The smallest absolute Gasteiger partial charge is 0.258 e. The van der Waals surface area contributed by atoms with E-state index in [0.29, 0.717) is 16.6 Å². The van der Waals surface area contributed by atoms with Crippen LogP contribution in [0.2, 0.25) is 0 Å². The lowest BCUT2D eigenvalue weighted by Crippen LogP contribution is -1.91. The van der Waals surface area contributed by atoms with E-state index in [9.17, 15) is 10.1 Å². The van der Waals surface area contributed by atoms with Crippen LogP contribution in [0.5, 0.6) is 0 Å². The van der Waals surface area contributed by atoms with Crippen molar-refractivity contribution in [2.45, 2.75) is 6.92 Å². The molecule has 1 aromatic carbocycles. The number of nitro benzene ring substituents is 1. The van der Waals surface area contributed by atoms with Crippen LogP contribution >= 0.6 is 0 Å². The van der Waals surface area contributed by atoms with E-state index in [0.717, 1.165) is 0 Å². The number of fused-ring (bicyclic) bond motifs is 1. The number of H-pyrrole nitrogens is 1. The van der Waals surface area contributed by atoms with E-state index in [1.165, 1.54) is 6.07 Å². The Morgan fingerprint density at radius 3 is 2.92 bits per heavy atom. The number of benzene rings is 1. The Labute approximate surface area is 72.7 Å². The van der Waals surface area contributed by atoms with Crippen LogP contribution in [0, 0.1) is 17.0 Å². The highest BCUT2D eigenvalue weighted by Crippen LogP contribution is 2.23. The summed E-state index contributed by atoms with van der Waals surface area (Å²) in [6.07, 6.45) is 0. The Morgan fingerprint density at radius 1 is 1.46 bits per heavy atom. The Morgan fingerprint density at radius 2 is 2.23 bits per heavy atom. The van der Waals surface area contributed by atoms with Gasteiger partial charge >= 0.3 is 0 Å². The summed E-state index contributed by atoms with van der Waals surface area (Å²) in [5.41, 5.74) is 1.80. The fraction of sp³-hybridized carbons (Fsp3) is 0.143. The molecule has 66 valence electrons. The molecule has 1 N–H and O–H groups in total. The first-order valence-corrected chi connectivity index (χ1v) is 3.64. The van der Waals surface area contributed by atoms with E-state index < -0.39 is 4.92 Å². The van der Waals surface area contributed by atoms with Crippen molar-refractivity contribution in [3.63, 3.8) is 0 Å². The highest BCUT2D eigenvalue weighted by atomic mass is 16.6. The molecule has 0 radical (unpaired) electrons. The van der Waals surface area contributed by atoms with Gasteiger partial charge in [0.25, 0.3) is 5.69 Å². The summed E-state index contributed by atoms with van der Waals surface area (Å²) in [7, 11) is 0. The van der Waals surface area contributed by atoms with Crippen molar-refractivity contribution in [1.29, 1.82) is 0 Å². The number of rotatable bonds is 1. The van der Waals surface area contributed by atoms with Crippen LogP contribution in [-0.4, -0.2) is 20.3 Å². The number of nitro groups is 1. The molecule has 0 spiro atoms. The molecule has 0 amide bonds. The van der Waals surface area contributed by atoms with E-state index >= 15 is 0 Å². The quantitative estimate of drug-likeness (QED) is 0.524. The Hall–Kier alpha value is -1.98. The van der Waals surface area contributed by atoms with E-state index in [1.807, 2.05) is 0 Å². The van der Waals surface area contributed by atoms with Crippen LogP contribution in [-0.2, 0) is 0 Å². The Kier molecular flexibility index (Phi) is 1.48. The standard InChI is InChI=1S/C7H6N4O2/c1-4-6(11(12)13)3-2-5-7(4)9-10-8-5/h2-3H,1H3,(H,8,9,10). The molecule has 1 aromatic heterocycles. The molecular weight excluding hydrogens is 172 g/mol. The molecule has 0 atom stereocenters. The zero-order valence-corrected chi connectivity index (χ0v) is 6.81. The third-order valence-corrected chi connectivity index (χ3v) is 1.91. The van der Waals surface area contributed by atoms with Crippen LogP contribution in [0.1, 0.15) is 5.56 Å². The van der Waals surface area contributed by atoms with Crippen molar-refractivity contribution in [2.75, 3.05) is 0 Å². The maximum absolute atomic E-state index is 10.5. The summed E-state index contributed by atoms with van der Waals surface area (Å²) in [5, 5.41) is 20.6. The van der Waals surface area contributed by atoms with Gasteiger partial charge in [-0.05, 0) is 13.0 Å². The average Bonchev–Trinajstić information content (AvgIpc) is 2.52. The van der Waals surface area contributed by atoms with Gasteiger partial charge in [0.15, 0.2) is 0 Å². The zero-order valence-electron chi connectivity index (χ0n) is 6.81. The summed E-state index contributed by atoms with van der Waals surface area (Å²) < 4.78 is 0. The molecule has 0 aliphatic rings. The highest BCUT2D eigenvalue weighted by Gasteiger charge is 2.14. The summed E-state index contributed by atoms with van der Waals surface area (Å²) in [6.45, 7) is 1.66. The Balaban J connectivity index is 2.80. The number of hydrogen-bond acceptors (Lipinski definition) is 4. The third-order valence-electron chi connectivity index (χ3n) is 1.91. The molecule has 0 unspecified atom stereocenters. The predicted molar refractivity (Wildman–Crippen MR) is 45.3 cm³/mol. The molecular formula is C7H6N4O2. The first-order valence-electron chi connectivity index (χ1n) is 3.64. The largest absolute Gasteiger partial charge is 0.274 e. The average molecular weight is 178 g/mol. The molecule has 6 nitrogen and oxygen atoms in total. The molecule has 0 saturated heterocycles. The second-order valence-electron chi connectivity index (χ2n) is 2.66. The van der Waals surface area contributed by atoms with Gasteiger partial charge in [0.2, 0.25) is 0 Å². The minimum absolute atomic E-state index is 0.0707. The van der Waals surface area contributed by atoms with Crippen LogP contribution in [0.3, 0.4) is 0 Å². The first kappa shape index (κ1) is 7.66. The monoisotopic (exact) mass is 178 g/mol. The molecule has 0 saturated carbocycles. The molecule has 0 fully saturated rings. The molecule has 0 aliphatic carbocycles. The van der Waals surface area contributed by atoms with E-state index in [2.05, 4.69) is 15.4 Å². The topological polar surface area (TPSA) is 84.7 Å². The van der Waals surface area contributed by atoms with Gasteiger partial charge in [0, 0.05) is 6.07 Å². The van der Waals surface area contributed by atoms with Crippen molar-refractivity contribution in [3.05, 3.63) is 27.8 Å². The summed E-state index contributed by atoms with van der Waals surface area (Å²) in [4.78, 5) is 10.1. The lowest BCUT2D eigenvalue weighted by molar-refractivity contribution is -0.385. The van der Waals surface area contributed by atoms with Crippen molar-refractivity contribution in [3.8, 4) is 0 Å². The Bertz CT molecular complexity index is 476. The SMILES string of the molecule is Cc1c([N+](=O)[O-])ccc2n[nH]nc12. The fourth-order valence-corrected chi connectivity index (χ4v) is 1.23. The fourth-order valence-electron chi connectivity index (χ4n) is 1.23. The predicted octanol–water partition coefficient (Wildman–Crippen LogP) is 1.17. The zero-order chi connectivity index (χ0) is 9.42. The highest BCUT2D eigenvalue weighted by molar-refractivity contribution is 5.80. The van der Waals surface area contributed by atoms with Crippen molar-refractivity contribution >= 4 is 16.7 Å². The summed E-state index contributed by atoms with van der Waals surface area (Å²) >= 11 is 0. The number of hydrogen-bond donors (Lipinski definition) is 1. The molecule has 2 aromatic rings.